The summed E-state index contributed by atoms with van der Waals surface area (Å²) in [5.41, 5.74) is 3.88. The van der Waals surface area contributed by atoms with Gasteiger partial charge in [-0.3, -0.25) is 4.90 Å². The minimum Gasteiger partial charge on any atom is -0.311 e. The largest absolute Gasteiger partial charge is 0.311 e. The highest BCUT2D eigenvalue weighted by Gasteiger charge is 2.39. The lowest BCUT2D eigenvalue weighted by atomic mass is 10.0. The van der Waals surface area contributed by atoms with Gasteiger partial charge in [0.25, 0.3) is 0 Å². The molecular weight excluding hydrogens is 394 g/mol. The summed E-state index contributed by atoms with van der Waals surface area (Å²) in [6.45, 7) is 5.22. The van der Waals surface area contributed by atoms with Crippen molar-refractivity contribution in [3.05, 3.63) is 71.3 Å². The van der Waals surface area contributed by atoms with Gasteiger partial charge in [-0.15, -0.1) is 0 Å². The Labute approximate surface area is 180 Å². The van der Waals surface area contributed by atoms with Crippen LogP contribution in [0.3, 0.4) is 0 Å². The van der Waals surface area contributed by atoms with Crippen LogP contribution in [0.5, 0.6) is 0 Å². The molecule has 6 heteroatoms. The molecule has 2 aromatic rings. The molecule has 160 valence electrons. The Morgan fingerprint density at radius 2 is 1.77 bits per heavy atom. The van der Waals surface area contributed by atoms with E-state index in [1.165, 1.54) is 17.6 Å². The number of rotatable bonds is 7. The molecule has 2 aromatic carbocycles. The van der Waals surface area contributed by atoms with Crippen LogP contribution in [0, 0.1) is 5.92 Å². The van der Waals surface area contributed by atoms with Crippen molar-refractivity contribution < 1.29 is 8.42 Å². The van der Waals surface area contributed by atoms with Gasteiger partial charge >= 0.3 is 0 Å². The van der Waals surface area contributed by atoms with E-state index in [4.69, 9.17) is 5.14 Å². The maximum atomic E-state index is 11.4. The summed E-state index contributed by atoms with van der Waals surface area (Å²) in [6.07, 6.45) is 5.86. The van der Waals surface area contributed by atoms with Gasteiger partial charge in [-0.05, 0) is 68.5 Å². The molecule has 4 rings (SSSR count). The Morgan fingerprint density at radius 1 is 1.10 bits per heavy atom. The molecule has 2 aliphatic rings. The number of sulfonamides is 1. The predicted molar refractivity (Wildman–Crippen MR) is 121 cm³/mol. The van der Waals surface area contributed by atoms with E-state index in [9.17, 15) is 8.42 Å². The van der Waals surface area contributed by atoms with Gasteiger partial charge in [-0.1, -0.05) is 54.1 Å². The minimum absolute atomic E-state index is 0.171. The molecule has 2 atom stereocenters. The van der Waals surface area contributed by atoms with E-state index in [1.807, 2.05) is 12.1 Å². The zero-order valence-corrected chi connectivity index (χ0v) is 18.3. The van der Waals surface area contributed by atoms with Gasteiger partial charge in [0.15, 0.2) is 0 Å². The number of primary sulfonamides is 1. The fourth-order valence-electron chi connectivity index (χ4n) is 4.40. The number of nitrogens with zero attached hydrogens (tertiary/aromatic N) is 1. The van der Waals surface area contributed by atoms with Gasteiger partial charge in [-0.2, -0.15) is 0 Å². The van der Waals surface area contributed by atoms with Crippen LogP contribution in [0.1, 0.15) is 37.3 Å². The molecule has 1 aliphatic carbocycles. The van der Waals surface area contributed by atoms with Gasteiger partial charge in [0, 0.05) is 18.6 Å². The summed E-state index contributed by atoms with van der Waals surface area (Å²) in [5, 5.41) is 9.04. The van der Waals surface area contributed by atoms with Crippen molar-refractivity contribution in [2.45, 2.75) is 49.7 Å². The Bertz CT molecular complexity index is 979. The second kappa shape index (κ2) is 9.02. The fourth-order valence-corrected chi connectivity index (χ4v) is 4.92. The molecule has 0 aromatic heterocycles. The second-order valence-electron chi connectivity index (χ2n) is 8.65. The van der Waals surface area contributed by atoms with Crippen molar-refractivity contribution in [2.24, 2.45) is 11.1 Å². The molecular formula is C24H31N3O2S. The summed E-state index contributed by atoms with van der Waals surface area (Å²) in [5.74, 6) is 0.667. The molecule has 0 radical (unpaired) electrons. The van der Waals surface area contributed by atoms with Crippen LogP contribution in [0.2, 0.25) is 0 Å². The minimum atomic E-state index is -3.62. The lowest BCUT2D eigenvalue weighted by Crippen LogP contribution is -2.43. The molecule has 2 fully saturated rings. The van der Waals surface area contributed by atoms with E-state index in [0.29, 0.717) is 18.0 Å². The summed E-state index contributed by atoms with van der Waals surface area (Å²) < 4.78 is 22.8. The van der Waals surface area contributed by atoms with E-state index in [-0.39, 0.29) is 4.90 Å². The first kappa shape index (κ1) is 21.2. The zero-order valence-electron chi connectivity index (χ0n) is 17.5. The van der Waals surface area contributed by atoms with Crippen molar-refractivity contribution in [3.8, 4) is 0 Å². The Kier molecular flexibility index (Phi) is 6.39. The lowest BCUT2D eigenvalue weighted by Gasteiger charge is -2.32. The third-order valence-electron chi connectivity index (χ3n) is 6.26. The molecule has 0 unspecified atom stereocenters. The number of likely N-dealkylation sites (tertiary alicyclic amines) is 1. The maximum absolute atomic E-state index is 11.4. The predicted octanol–water partition coefficient (Wildman–Crippen LogP) is 3.38. The molecule has 0 bridgehead atoms. The molecule has 1 aliphatic heterocycles. The van der Waals surface area contributed by atoms with Gasteiger partial charge in [0.1, 0.15) is 0 Å². The van der Waals surface area contributed by atoms with Crippen LogP contribution >= 0.6 is 0 Å². The number of piperidine rings is 1. The topological polar surface area (TPSA) is 75.4 Å². The van der Waals surface area contributed by atoms with Crippen LogP contribution in [0.25, 0.3) is 6.08 Å². The number of benzene rings is 2. The molecule has 3 N–H and O–H groups in total. The lowest BCUT2D eigenvalue weighted by molar-refractivity contribution is 0.189. The van der Waals surface area contributed by atoms with Crippen LogP contribution in [-0.4, -0.2) is 38.5 Å². The smallest absolute Gasteiger partial charge is 0.238 e. The Balaban J connectivity index is 1.21. The first-order valence-corrected chi connectivity index (χ1v) is 12.3. The third kappa shape index (κ3) is 5.58. The molecule has 0 spiro atoms. The summed E-state index contributed by atoms with van der Waals surface area (Å²) in [4.78, 5) is 2.61. The highest BCUT2D eigenvalue weighted by molar-refractivity contribution is 7.89. The molecule has 5 nitrogen and oxygen atoms in total. The third-order valence-corrected chi connectivity index (χ3v) is 7.19. The van der Waals surface area contributed by atoms with Crippen molar-refractivity contribution >= 4 is 16.1 Å². The highest BCUT2D eigenvalue weighted by atomic mass is 32.2. The average Bonchev–Trinajstić information content (AvgIpc) is 3.49. The number of nitrogens with two attached hydrogens (primary N) is 1. The first-order chi connectivity index (χ1) is 14.4. The average molecular weight is 426 g/mol. The second-order valence-corrected chi connectivity index (χ2v) is 10.2. The number of nitrogens with one attached hydrogen (secondary N) is 1. The van der Waals surface area contributed by atoms with E-state index >= 15 is 0 Å². The van der Waals surface area contributed by atoms with Gasteiger partial charge < -0.3 is 5.32 Å². The van der Waals surface area contributed by atoms with Crippen LogP contribution in [0.4, 0.5) is 0 Å². The Hall–Kier alpha value is -1.99. The van der Waals surface area contributed by atoms with E-state index in [2.05, 4.69) is 53.5 Å². The van der Waals surface area contributed by atoms with Gasteiger partial charge in [0.05, 0.1) is 4.90 Å². The molecule has 1 heterocycles. The summed E-state index contributed by atoms with van der Waals surface area (Å²) >= 11 is 0. The molecule has 0 amide bonds. The summed E-state index contributed by atoms with van der Waals surface area (Å²) in [6, 6.07) is 18.7. The van der Waals surface area contributed by atoms with E-state index in [0.717, 1.165) is 38.0 Å². The molecule has 30 heavy (non-hydrogen) atoms. The van der Waals surface area contributed by atoms with E-state index < -0.39 is 10.0 Å². The van der Waals surface area contributed by atoms with E-state index in [1.54, 1.807) is 12.1 Å². The Morgan fingerprint density at radius 3 is 2.40 bits per heavy atom. The van der Waals surface area contributed by atoms with Crippen LogP contribution in [0.15, 0.2) is 65.1 Å². The standard InChI is InChI=1S/C24H31N3O2S/c1-18(15-19-5-3-2-4-6-19)23-16-24(23)26-21-11-13-27(14-12-21)17-20-7-9-22(10-8-20)30(25,28)29/h2-10,15,21,23-24,26H,11-14,16-17H2,1H3,(H2,25,28,29)/b18-15+/t23-,24+/m0/s1. The first-order valence-electron chi connectivity index (χ1n) is 10.7. The quantitative estimate of drug-likeness (QED) is 0.713. The van der Waals surface area contributed by atoms with Gasteiger partial charge in [0.2, 0.25) is 10.0 Å². The highest BCUT2D eigenvalue weighted by Crippen LogP contribution is 2.38. The zero-order chi connectivity index (χ0) is 21.1. The molecule has 1 saturated heterocycles. The number of hydrogen-bond acceptors (Lipinski definition) is 4. The number of hydrogen-bond donors (Lipinski definition) is 2. The normalized spacial score (nSPS) is 23.5. The van der Waals surface area contributed by atoms with Crippen LogP contribution in [-0.2, 0) is 16.6 Å². The van der Waals surface area contributed by atoms with Crippen molar-refractivity contribution in [2.75, 3.05) is 13.1 Å². The SMILES string of the molecule is C/C(=C\c1ccccc1)[C@@H]1C[C@H]1NC1CCN(Cc2ccc(S(N)(=O)=O)cc2)CC1. The monoisotopic (exact) mass is 425 g/mol. The molecule has 1 saturated carbocycles. The maximum Gasteiger partial charge on any atom is 0.238 e. The summed E-state index contributed by atoms with van der Waals surface area (Å²) in [7, 11) is -3.62. The van der Waals surface area contributed by atoms with Crippen molar-refractivity contribution in [1.82, 2.24) is 10.2 Å². The fraction of sp³-hybridized carbons (Fsp3) is 0.417. The van der Waals surface area contributed by atoms with Crippen molar-refractivity contribution in [1.29, 1.82) is 0 Å². The van der Waals surface area contributed by atoms with Crippen molar-refractivity contribution in [3.63, 3.8) is 0 Å². The van der Waals surface area contributed by atoms with Crippen LogP contribution < -0.4 is 10.5 Å². The van der Waals surface area contributed by atoms with Gasteiger partial charge in [-0.25, -0.2) is 13.6 Å².